The second kappa shape index (κ2) is 8.54. The molecule has 0 spiro atoms. The lowest BCUT2D eigenvalue weighted by Crippen LogP contribution is -2.26. The van der Waals surface area contributed by atoms with E-state index in [1.54, 1.807) is 24.3 Å². The molecule has 4 rings (SSSR count). The number of imidazole rings is 1. The summed E-state index contributed by atoms with van der Waals surface area (Å²) in [5, 5.41) is 5.66. The molecular formula is C22H19BrN4O3. The van der Waals surface area contributed by atoms with Crippen LogP contribution in [0.15, 0.2) is 69.8 Å². The number of carbonyl (C=O) groups excluding carboxylic acids is 2. The van der Waals surface area contributed by atoms with E-state index >= 15 is 0 Å². The number of anilines is 1. The summed E-state index contributed by atoms with van der Waals surface area (Å²) in [4.78, 5) is 29.0. The topological polar surface area (TPSA) is 89.2 Å². The van der Waals surface area contributed by atoms with Crippen molar-refractivity contribution in [2.45, 2.75) is 13.0 Å². The monoisotopic (exact) mass is 466 g/mol. The van der Waals surface area contributed by atoms with E-state index in [0.717, 1.165) is 22.4 Å². The lowest BCUT2D eigenvalue weighted by atomic mass is 10.1. The van der Waals surface area contributed by atoms with Gasteiger partial charge in [0.05, 0.1) is 24.0 Å². The van der Waals surface area contributed by atoms with Gasteiger partial charge in [0.15, 0.2) is 10.4 Å². The quantitative estimate of drug-likeness (QED) is 0.448. The minimum Gasteiger partial charge on any atom is -0.444 e. The molecule has 152 valence electrons. The molecule has 0 aliphatic rings. The first-order chi connectivity index (χ1) is 14.5. The lowest BCUT2D eigenvalue weighted by Gasteiger charge is -2.07. The van der Waals surface area contributed by atoms with E-state index in [9.17, 15) is 9.59 Å². The van der Waals surface area contributed by atoms with Gasteiger partial charge in [-0.05, 0) is 57.9 Å². The number of amides is 2. The zero-order valence-electron chi connectivity index (χ0n) is 16.2. The summed E-state index contributed by atoms with van der Waals surface area (Å²) in [6, 6.07) is 18.2. The molecule has 0 aliphatic carbocycles. The maximum atomic E-state index is 12.3. The molecule has 2 aromatic heterocycles. The maximum Gasteiger partial charge on any atom is 0.291 e. The van der Waals surface area contributed by atoms with Gasteiger partial charge in [0.25, 0.3) is 5.91 Å². The van der Waals surface area contributed by atoms with Crippen LogP contribution in [0.2, 0.25) is 0 Å². The zero-order chi connectivity index (χ0) is 21.1. The third kappa shape index (κ3) is 4.44. The summed E-state index contributed by atoms with van der Waals surface area (Å²) in [7, 11) is 1.94. The van der Waals surface area contributed by atoms with Gasteiger partial charge in [-0.15, -0.1) is 0 Å². The van der Waals surface area contributed by atoms with Crippen LogP contribution in [0.4, 0.5) is 5.69 Å². The molecule has 0 atom stereocenters. The Bertz CT molecular complexity index is 1210. The van der Waals surface area contributed by atoms with Crippen LogP contribution in [-0.2, 0) is 24.8 Å². The Labute approximate surface area is 181 Å². The Kier molecular flexibility index (Phi) is 5.67. The van der Waals surface area contributed by atoms with E-state index in [-0.39, 0.29) is 24.0 Å². The van der Waals surface area contributed by atoms with E-state index in [4.69, 9.17) is 4.42 Å². The Balaban J connectivity index is 1.32. The first-order valence-corrected chi connectivity index (χ1v) is 10.1. The molecule has 0 fully saturated rings. The molecule has 0 bridgehead atoms. The van der Waals surface area contributed by atoms with Crippen LogP contribution in [0.1, 0.15) is 21.9 Å². The summed E-state index contributed by atoms with van der Waals surface area (Å²) in [6.07, 6.45) is 0.239. The number of carbonyl (C=O) groups is 2. The molecule has 2 aromatic carbocycles. The van der Waals surface area contributed by atoms with Gasteiger partial charge in [0.1, 0.15) is 5.82 Å². The standard InChI is InChI=1S/C22H19BrN4O3/c1-27-17-5-3-2-4-16(17)26-20(27)13-24-21(28)12-14-6-8-15(9-7-14)25-22(29)18-10-11-19(23)30-18/h2-11H,12-13H2,1H3,(H,24,28)(H,25,29). The van der Waals surface area contributed by atoms with E-state index in [0.29, 0.717) is 16.9 Å². The lowest BCUT2D eigenvalue weighted by molar-refractivity contribution is -0.120. The summed E-state index contributed by atoms with van der Waals surface area (Å²) >= 11 is 3.17. The summed E-state index contributed by atoms with van der Waals surface area (Å²) < 4.78 is 7.70. The number of benzene rings is 2. The number of hydrogen-bond donors (Lipinski definition) is 2. The van der Waals surface area contributed by atoms with Crippen molar-refractivity contribution in [3.8, 4) is 0 Å². The summed E-state index contributed by atoms with van der Waals surface area (Å²) in [5.74, 6) is 0.576. The number of halogens is 1. The van der Waals surface area contributed by atoms with Gasteiger partial charge in [0.2, 0.25) is 5.91 Å². The third-order valence-corrected chi connectivity index (χ3v) is 5.12. The van der Waals surface area contributed by atoms with Crippen molar-refractivity contribution >= 4 is 44.5 Å². The van der Waals surface area contributed by atoms with Crippen molar-refractivity contribution < 1.29 is 14.0 Å². The second-order valence-corrected chi connectivity index (χ2v) is 7.57. The fourth-order valence-corrected chi connectivity index (χ4v) is 3.42. The van der Waals surface area contributed by atoms with Gasteiger partial charge < -0.3 is 19.6 Å². The molecule has 0 aliphatic heterocycles. The summed E-state index contributed by atoms with van der Waals surface area (Å²) in [6.45, 7) is 0.358. The Morgan fingerprint density at radius 3 is 2.53 bits per heavy atom. The van der Waals surface area contributed by atoms with E-state index in [1.807, 2.05) is 48.0 Å². The average Bonchev–Trinajstić information content (AvgIpc) is 3.32. The number of nitrogens with zero attached hydrogens (tertiary/aromatic N) is 2. The van der Waals surface area contributed by atoms with Crippen LogP contribution in [0.3, 0.4) is 0 Å². The maximum absolute atomic E-state index is 12.3. The largest absolute Gasteiger partial charge is 0.444 e. The number of aryl methyl sites for hydroxylation is 1. The smallest absolute Gasteiger partial charge is 0.291 e. The van der Waals surface area contributed by atoms with E-state index < -0.39 is 0 Å². The molecule has 0 unspecified atom stereocenters. The van der Waals surface area contributed by atoms with Gasteiger partial charge >= 0.3 is 0 Å². The molecule has 8 heteroatoms. The number of para-hydroxylation sites is 2. The van der Waals surface area contributed by atoms with Gasteiger partial charge in [-0.2, -0.15) is 0 Å². The molecule has 0 saturated heterocycles. The Hall–Kier alpha value is -3.39. The molecule has 0 radical (unpaired) electrons. The first kappa shape index (κ1) is 19.9. The number of rotatable bonds is 6. The third-order valence-electron chi connectivity index (χ3n) is 4.70. The van der Waals surface area contributed by atoms with E-state index in [1.165, 1.54) is 0 Å². The minimum absolute atomic E-state index is 0.0979. The van der Waals surface area contributed by atoms with Gasteiger partial charge in [-0.25, -0.2) is 4.98 Å². The zero-order valence-corrected chi connectivity index (χ0v) is 17.8. The van der Waals surface area contributed by atoms with Crippen molar-refractivity contribution in [3.63, 3.8) is 0 Å². The average molecular weight is 467 g/mol. The van der Waals surface area contributed by atoms with Crippen molar-refractivity contribution in [1.29, 1.82) is 0 Å². The summed E-state index contributed by atoms with van der Waals surface area (Å²) in [5.41, 5.74) is 3.40. The fraction of sp³-hybridized carbons (Fsp3) is 0.136. The highest BCUT2D eigenvalue weighted by Crippen LogP contribution is 2.17. The highest BCUT2D eigenvalue weighted by Gasteiger charge is 2.12. The van der Waals surface area contributed by atoms with Crippen molar-refractivity contribution in [1.82, 2.24) is 14.9 Å². The number of aromatic nitrogens is 2. The van der Waals surface area contributed by atoms with Crippen LogP contribution in [0.5, 0.6) is 0 Å². The molecule has 2 N–H and O–H groups in total. The Morgan fingerprint density at radius 2 is 1.83 bits per heavy atom. The normalized spacial score (nSPS) is 10.9. The van der Waals surface area contributed by atoms with Gasteiger partial charge in [0, 0.05) is 12.7 Å². The van der Waals surface area contributed by atoms with Gasteiger partial charge in [-0.1, -0.05) is 24.3 Å². The molecule has 2 heterocycles. The SMILES string of the molecule is Cn1c(CNC(=O)Cc2ccc(NC(=O)c3ccc(Br)o3)cc2)nc2ccccc21. The molecular weight excluding hydrogens is 448 g/mol. The van der Waals surface area contributed by atoms with Crippen molar-refractivity contribution in [3.05, 3.63) is 82.5 Å². The number of nitrogens with one attached hydrogen (secondary N) is 2. The fourth-order valence-electron chi connectivity index (χ4n) is 3.11. The molecule has 7 nitrogen and oxygen atoms in total. The number of furan rings is 1. The van der Waals surface area contributed by atoms with Crippen molar-refractivity contribution in [2.24, 2.45) is 7.05 Å². The predicted molar refractivity (Wildman–Crippen MR) is 117 cm³/mol. The number of fused-ring (bicyclic) bond motifs is 1. The predicted octanol–water partition coefficient (Wildman–Crippen LogP) is 4.04. The second-order valence-electron chi connectivity index (χ2n) is 6.78. The van der Waals surface area contributed by atoms with Crippen molar-refractivity contribution in [2.75, 3.05) is 5.32 Å². The minimum atomic E-state index is -0.339. The molecule has 0 saturated carbocycles. The highest BCUT2D eigenvalue weighted by atomic mass is 79.9. The molecule has 2 amide bonds. The van der Waals surface area contributed by atoms with E-state index in [2.05, 4.69) is 31.5 Å². The molecule has 30 heavy (non-hydrogen) atoms. The Morgan fingerprint density at radius 1 is 1.07 bits per heavy atom. The first-order valence-electron chi connectivity index (χ1n) is 9.32. The van der Waals surface area contributed by atoms with Crippen LogP contribution < -0.4 is 10.6 Å². The highest BCUT2D eigenvalue weighted by molar-refractivity contribution is 9.10. The van der Waals surface area contributed by atoms with Crippen LogP contribution in [-0.4, -0.2) is 21.4 Å². The van der Waals surface area contributed by atoms with Gasteiger partial charge in [-0.3, -0.25) is 9.59 Å². The van der Waals surface area contributed by atoms with Crippen LogP contribution in [0, 0.1) is 0 Å². The van der Waals surface area contributed by atoms with Crippen LogP contribution >= 0.6 is 15.9 Å². The molecule has 4 aromatic rings. The van der Waals surface area contributed by atoms with Crippen LogP contribution in [0.25, 0.3) is 11.0 Å². The number of hydrogen-bond acceptors (Lipinski definition) is 4.